The molecule has 0 aliphatic carbocycles. The van der Waals surface area contributed by atoms with Crippen LogP contribution < -0.4 is 5.63 Å². The van der Waals surface area contributed by atoms with Gasteiger partial charge in [0.25, 0.3) is 5.91 Å². The Morgan fingerprint density at radius 3 is 2.92 bits per heavy atom. The van der Waals surface area contributed by atoms with Crippen LogP contribution in [-0.4, -0.2) is 33.7 Å². The minimum Gasteiger partial charge on any atom is -0.422 e. The first-order valence-electron chi connectivity index (χ1n) is 8.43. The second kappa shape index (κ2) is 6.20. The van der Waals surface area contributed by atoms with Gasteiger partial charge in [0.05, 0.1) is 5.69 Å². The van der Waals surface area contributed by atoms with Gasteiger partial charge in [-0.1, -0.05) is 18.2 Å². The molecule has 25 heavy (non-hydrogen) atoms. The number of para-hydroxylation sites is 1. The van der Waals surface area contributed by atoms with Crippen LogP contribution in [0.5, 0.6) is 0 Å². The Labute approximate surface area is 144 Å². The predicted molar refractivity (Wildman–Crippen MR) is 93.6 cm³/mol. The minimum atomic E-state index is -0.580. The summed E-state index contributed by atoms with van der Waals surface area (Å²) in [5, 5.41) is 5.21. The maximum Gasteiger partial charge on any atom is 0.349 e. The molecule has 1 aromatic carbocycles. The average Bonchev–Trinajstić information content (AvgIpc) is 3.07. The average molecular weight is 337 g/mol. The van der Waals surface area contributed by atoms with Crippen LogP contribution >= 0.6 is 0 Å². The van der Waals surface area contributed by atoms with Crippen LogP contribution in [0.1, 0.15) is 34.8 Å². The number of aryl methyl sites for hydroxylation is 1. The number of benzene rings is 1. The van der Waals surface area contributed by atoms with E-state index in [2.05, 4.69) is 5.10 Å². The number of rotatable bonds is 2. The first kappa shape index (κ1) is 15.6. The van der Waals surface area contributed by atoms with Crippen molar-refractivity contribution in [2.45, 2.75) is 18.8 Å². The van der Waals surface area contributed by atoms with Crippen LogP contribution in [0.25, 0.3) is 11.0 Å². The minimum absolute atomic E-state index is 0.0976. The van der Waals surface area contributed by atoms with Crippen LogP contribution in [0.15, 0.2) is 51.8 Å². The number of piperidine rings is 1. The summed E-state index contributed by atoms with van der Waals surface area (Å²) < 4.78 is 7.07. The van der Waals surface area contributed by atoms with E-state index < -0.39 is 5.63 Å². The van der Waals surface area contributed by atoms with Crippen LogP contribution in [0.3, 0.4) is 0 Å². The first-order chi connectivity index (χ1) is 12.1. The van der Waals surface area contributed by atoms with Crippen molar-refractivity contribution in [2.24, 2.45) is 7.05 Å². The van der Waals surface area contributed by atoms with Crippen LogP contribution in [-0.2, 0) is 7.05 Å². The van der Waals surface area contributed by atoms with E-state index in [4.69, 9.17) is 4.42 Å². The molecule has 1 aliphatic rings. The van der Waals surface area contributed by atoms with Crippen molar-refractivity contribution in [3.8, 4) is 0 Å². The number of amides is 1. The van der Waals surface area contributed by atoms with Crippen molar-refractivity contribution >= 4 is 16.9 Å². The molecule has 4 rings (SSSR count). The van der Waals surface area contributed by atoms with E-state index in [0.717, 1.165) is 23.9 Å². The van der Waals surface area contributed by atoms with Crippen molar-refractivity contribution in [1.82, 2.24) is 14.7 Å². The van der Waals surface area contributed by atoms with E-state index in [-0.39, 0.29) is 17.4 Å². The third kappa shape index (κ3) is 2.95. The number of likely N-dealkylation sites (tertiary alicyclic amines) is 1. The molecule has 0 bridgehead atoms. The Morgan fingerprint density at radius 1 is 1.28 bits per heavy atom. The molecule has 1 atom stereocenters. The third-order valence-corrected chi connectivity index (χ3v) is 4.73. The number of aromatic nitrogens is 2. The number of carbonyl (C=O) groups is 1. The highest BCUT2D eigenvalue weighted by molar-refractivity contribution is 5.96. The smallest absolute Gasteiger partial charge is 0.349 e. The van der Waals surface area contributed by atoms with Crippen molar-refractivity contribution in [1.29, 1.82) is 0 Å². The second-order valence-corrected chi connectivity index (χ2v) is 6.49. The number of hydrogen-bond acceptors (Lipinski definition) is 4. The zero-order valence-corrected chi connectivity index (χ0v) is 14.0. The molecule has 6 heteroatoms. The molecule has 6 nitrogen and oxygen atoms in total. The van der Waals surface area contributed by atoms with Gasteiger partial charge in [0.2, 0.25) is 0 Å². The molecule has 0 unspecified atom stereocenters. The molecule has 3 heterocycles. The van der Waals surface area contributed by atoms with Gasteiger partial charge in [-0.3, -0.25) is 9.48 Å². The summed E-state index contributed by atoms with van der Waals surface area (Å²) in [5.41, 5.74) is 1.00. The molecule has 2 aromatic heterocycles. The quantitative estimate of drug-likeness (QED) is 0.674. The number of hydrogen-bond donors (Lipinski definition) is 0. The molecule has 1 amide bonds. The van der Waals surface area contributed by atoms with Gasteiger partial charge in [-0.25, -0.2) is 4.79 Å². The molecule has 3 aromatic rings. The molecule has 0 saturated carbocycles. The largest absolute Gasteiger partial charge is 0.422 e. The van der Waals surface area contributed by atoms with Crippen molar-refractivity contribution in [3.63, 3.8) is 0 Å². The summed E-state index contributed by atoms with van der Waals surface area (Å²) in [4.78, 5) is 26.9. The number of nitrogens with zero attached hydrogens (tertiary/aromatic N) is 3. The summed E-state index contributed by atoms with van der Waals surface area (Å²) in [6.45, 7) is 1.22. The predicted octanol–water partition coefficient (Wildman–Crippen LogP) is 2.55. The van der Waals surface area contributed by atoms with Crippen molar-refractivity contribution < 1.29 is 9.21 Å². The zero-order chi connectivity index (χ0) is 17.4. The Balaban J connectivity index is 1.62. The monoisotopic (exact) mass is 337 g/mol. The fourth-order valence-corrected chi connectivity index (χ4v) is 3.44. The topological polar surface area (TPSA) is 68.3 Å². The summed E-state index contributed by atoms with van der Waals surface area (Å²) >= 11 is 0. The highest BCUT2D eigenvalue weighted by Gasteiger charge is 2.28. The van der Waals surface area contributed by atoms with Gasteiger partial charge >= 0.3 is 5.63 Å². The highest BCUT2D eigenvalue weighted by Crippen LogP contribution is 2.26. The van der Waals surface area contributed by atoms with E-state index >= 15 is 0 Å². The lowest BCUT2D eigenvalue weighted by atomic mass is 9.94. The maximum atomic E-state index is 12.9. The number of fused-ring (bicyclic) bond motifs is 1. The zero-order valence-electron chi connectivity index (χ0n) is 14.0. The second-order valence-electron chi connectivity index (χ2n) is 6.49. The van der Waals surface area contributed by atoms with Crippen molar-refractivity contribution in [3.05, 3.63) is 64.3 Å². The van der Waals surface area contributed by atoms with Crippen LogP contribution in [0.2, 0.25) is 0 Å². The SMILES string of the molecule is Cn1ccc([C@H]2CCCN(C(=O)c3cc4ccccc4oc3=O)C2)n1. The van der Waals surface area contributed by atoms with Gasteiger partial charge in [0.15, 0.2) is 0 Å². The van der Waals surface area contributed by atoms with Gasteiger partial charge in [-0.15, -0.1) is 0 Å². The van der Waals surface area contributed by atoms with Gasteiger partial charge in [0.1, 0.15) is 11.1 Å². The normalized spacial score (nSPS) is 17.8. The highest BCUT2D eigenvalue weighted by atomic mass is 16.4. The standard InChI is InChI=1S/C19H19N3O3/c1-21-10-8-16(20-21)14-6-4-9-22(12-14)18(23)15-11-13-5-2-3-7-17(13)25-19(15)24/h2-3,5,7-8,10-11,14H,4,6,9,12H2,1H3/t14-/m0/s1. The molecule has 0 radical (unpaired) electrons. The van der Waals surface area contributed by atoms with E-state index in [1.165, 1.54) is 0 Å². The molecule has 1 saturated heterocycles. The lowest BCUT2D eigenvalue weighted by Gasteiger charge is -2.31. The third-order valence-electron chi connectivity index (χ3n) is 4.73. The fraction of sp³-hybridized carbons (Fsp3) is 0.316. The Kier molecular flexibility index (Phi) is 3.87. The Hall–Kier alpha value is -2.89. The lowest BCUT2D eigenvalue weighted by molar-refractivity contribution is 0.0701. The van der Waals surface area contributed by atoms with E-state index in [9.17, 15) is 9.59 Å². The van der Waals surface area contributed by atoms with E-state index in [0.29, 0.717) is 18.7 Å². The van der Waals surface area contributed by atoms with Gasteiger partial charge in [-0.2, -0.15) is 5.10 Å². The molecule has 1 aliphatic heterocycles. The van der Waals surface area contributed by atoms with Crippen molar-refractivity contribution in [2.75, 3.05) is 13.1 Å². The van der Waals surface area contributed by atoms with Crippen LogP contribution in [0, 0.1) is 0 Å². The summed E-state index contributed by atoms with van der Waals surface area (Å²) in [7, 11) is 1.88. The molecule has 0 N–H and O–H groups in total. The van der Waals surface area contributed by atoms with E-state index in [1.54, 1.807) is 27.8 Å². The van der Waals surface area contributed by atoms with E-state index in [1.807, 2.05) is 31.4 Å². The summed E-state index contributed by atoms with van der Waals surface area (Å²) in [6.07, 6.45) is 3.80. The van der Waals surface area contributed by atoms with Gasteiger partial charge in [0, 0.05) is 37.6 Å². The molecular weight excluding hydrogens is 318 g/mol. The molecule has 0 spiro atoms. The summed E-state index contributed by atoms with van der Waals surface area (Å²) in [6, 6.07) is 10.8. The first-order valence-corrected chi connectivity index (χ1v) is 8.43. The Morgan fingerprint density at radius 2 is 2.12 bits per heavy atom. The van der Waals surface area contributed by atoms with Gasteiger partial charge in [-0.05, 0) is 31.0 Å². The van der Waals surface area contributed by atoms with Crippen LogP contribution in [0.4, 0.5) is 0 Å². The molecule has 128 valence electrons. The maximum absolute atomic E-state index is 12.9. The molecule has 1 fully saturated rings. The molecular formula is C19H19N3O3. The lowest BCUT2D eigenvalue weighted by Crippen LogP contribution is -2.40. The number of carbonyl (C=O) groups excluding carboxylic acids is 1. The Bertz CT molecular complexity index is 989. The van der Waals surface area contributed by atoms with Gasteiger partial charge < -0.3 is 9.32 Å². The fourth-order valence-electron chi connectivity index (χ4n) is 3.44. The summed E-state index contributed by atoms with van der Waals surface area (Å²) in [5.74, 6) is -0.0634.